The number of hydrazine groups is 1. The lowest BCUT2D eigenvalue weighted by atomic mass is 10.1. The van der Waals surface area contributed by atoms with Gasteiger partial charge in [0.05, 0.1) is 11.3 Å². The van der Waals surface area contributed by atoms with Crippen molar-refractivity contribution in [1.82, 2.24) is 10.4 Å². The molecule has 1 N–H and O–H groups in total. The molecule has 1 aliphatic heterocycles. The van der Waals surface area contributed by atoms with Crippen LogP contribution in [0.4, 0.5) is 0 Å². The standard InChI is InChI=1S/C16H11BrN2O3S2/c17-13-7-6-11(22-13)9-12-15(21)19(16(23)24-12)18-14(20)8-10-4-2-1-3-5-10/h1-7,9H,8H2,(H,18,20). The summed E-state index contributed by atoms with van der Waals surface area (Å²) in [4.78, 5) is 24.9. The van der Waals surface area contributed by atoms with Gasteiger partial charge in [-0.2, -0.15) is 5.01 Å². The number of amides is 2. The first-order chi connectivity index (χ1) is 11.5. The highest BCUT2D eigenvalue weighted by Crippen LogP contribution is 2.32. The number of nitrogens with one attached hydrogen (secondary N) is 1. The number of carbonyl (C=O) groups excluding carboxylic acids is 2. The molecule has 5 nitrogen and oxygen atoms in total. The minimum Gasteiger partial charge on any atom is -0.450 e. The van der Waals surface area contributed by atoms with Crippen LogP contribution in [0.2, 0.25) is 0 Å². The van der Waals surface area contributed by atoms with Crippen molar-refractivity contribution in [3.8, 4) is 0 Å². The summed E-state index contributed by atoms with van der Waals surface area (Å²) >= 11 is 9.49. The molecule has 0 saturated carbocycles. The number of nitrogens with zero attached hydrogens (tertiary/aromatic N) is 1. The monoisotopic (exact) mass is 422 g/mol. The van der Waals surface area contributed by atoms with Crippen LogP contribution in [-0.4, -0.2) is 21.1 Å². The van der Waals surface area contributed by atoms with Crippen LogP contribution in [0.3, 0.4) is 0 Å². The molecule has 3 rings (SSSR count). The third-order valence-corrected chi connectivity index (χ3v) is 4.83. The van der Waals surface area contributed by atoms with Crippen molar-refractivity contribution in [2.24, 2.45) is 0 Å². The van der Waals surface area contributed by atoms with E-state index in [1.807, 2.05) is 30.3 Å². The van der Waals surface area contributed by atoms with Gasteiger partial charge in [-0.05, 0) is 45.8 Å². The van der Waals surface area contributed by atoms with Gasteiger partial charge < -0.3 is 4.42 Å². The molecule has 1 saturated heterocycles. The lowest BCUT2D eigenvalue weighted by Gasteiger charge is -2.15. The van der Waals surface area contributed by atoms with Crippen LogP contribution in [0.25, 0.3) is 6.08 Å². The maximum Gasteiger partial charge on any atom is 0.285 e. The third kappa shape index (κ3) is 3.95. The predicted octanol–water partition coefficient (Wildman–Crippen LogP) is 3.52. The Balaban J connectivity index is 1.68. The van der Waals surface area contributed by atoms with E-state index in [4.69, 9.17) is 16.6 Å². The van der Waals surface area contributed by atoms with Crippen LogP contribution >= 0.6 is 39.9 Å². The Bertz CT molecular complexity index is 833. The average molecular weight is 423 g/mol. The quantitative estimate of drug-likeness (QED) is 0.603. The average Bonchev–Trinajstić information content (AvgIpc) is 3.07. The lowest BCUT2D eigenvalue weighted by Crippen LogP contribution is -2.45. The lowest BCUT2D eigenvalue weighted by molar-refractivity contribution is -0.132. The second-order valence-corrected chi connectivity index (χ2v) is 7.31. The zero-order valence-electron chi connectivity index (χ0n) is 12.2. The number of carbonyl (C=O) groups is 2. The number of hydrogen-bond donors (Lipinski definition) is 1. The van der Waals surface area contributed by atoms with Gasteiger partial charge in [-0.15, -0.1) is 0 Å². The number of halogens is 1. The molecule has 0 radical (unpaired) electrons. The molecule has 1 fully saturated rings. The molecule has 24 heavy (non-hydrogen) atoms. The second-order valence-electron chi connectivity index (χ2n) is 4.86. The fourth-order valence-corrected chi connectivity index (χ4v) is 3.52. The summed E-state index contributed by atoms with van der Waals surface area (Å²) in [6, 6.07) is 12.7. The van der Waals surface area contributed by atoms with E-state index in [1.54, 1.807) is 18.2 Å². The largest absolute Gasteiger partial charge is 0.450 e. The predicted molar refractivity (Wildman–Crippen MR) is 99.7 cm³/mol. The first-order valence-corrected chi connectivity index (χ1v) is 8.91. The number of thioether (sulfide) groups is 1. The summed E-state index contributed by atoms with van der Waals surface area (Å²) in [7, 11) is 0. The van der Waals surface area contributed by atoms with Crippen molar-refractivity contribution in [2.75, 3.05) is 0 Å². The molecule has 2 heterocycles. The molecule has 0 bridgehead atoms. The summed E-state index contributed by atoms with van der Waals surface area (Å²) in [5.74, 6) is -0.156. The van der Waals surface area contributed by atoms with Gasteiger partial charge in [-0.3, -0.25) is 15.0 Å². The number of benzene rings is 1. The van der Waals surface area contributed by atoms with E-state index in [1.165, 1.54) is 0 Å². The third-order valence-electron chi connectivity index (χ3n) is 3.11. The minimum absolute atomic E-state index is 0.169. The second kappa shape index (κ2) is 7.33. The SMILES string of the molecule is O=C(Cc1ccccc1)NN1C(=O)C(=Cc2ccc(Br)o2)SC1=S. The van der Waals surface area contributed by atoms with Crippen molar-refractivity contribution in [1.29, 1.82) is 0 Å². The number of rotatable bonds is 4. The smallest absolute Gasteiger partial charge is 0.285 e. The number of hydrogen-bond acceptors (Lipinski definition) is 5. The molecule has 2 aromatic rings. The molecule has 8 heteroatoms. The Morgan fingerprint density at radius 1 is 1.29 bits per heavy atom. The van der Waals surface area contributed by atoms with Crippen molar-refractivity contribution in [3.05, 3.63) is 63.4 Å². The Morgan fingerprint density at radius 2 is 2.04 bits per heavy atom. The van der Waals surface area contributed by atoms with Crippen molar-refractivity contribution in [3.63, 3.8) is 0 Å². The van der Waals surface area contributed by atoms with Gasteiger partial charge in [0.15, 0.2) is 8.99 Å². The molecule has 0 atom stereocenters. The van der Waals surface area contributed by atoms with E-state index in [2.05, 4.69) is 21.4 Å². The molecule has 2 amide bonds. The summed E-state index contributed by atoms with van der Waals surface area (Å²) in [6.07, 6.45) is 1.76. The summed E-state index contributed by atoms with van der Waals surface area (Å²) < 4.78 is 6.20. The maximum absolute atomic E-state index is 12.4. The van der Waals surface area contributed by atoms with Crippen LogP contribution in [0, 0.1) is 0 Å². The molecule has 1 aliphatic rings. The highest BCUT2D eigenvalue weighted by molar-refractivity contribution is 9.10. The van der Waals surface area contributed by atoms with Crippen LogP contribution in [0.5, 0.6) is 0 Å². The maximum atomic E-state index is 12.4. The molecular formula is C16H11BrN2O3S2. The number of thiocarbonyl (C=S) groups is 1. The molecule has 0 unspecified atom stereocenters. The molecule has 0 spiro atoms. The van der Waals surface area contributed by atoms with Gasteiger partial charge in [0.2, 0.25) is 5.91 Å². The van der Waals surface area contributed by atoms with E-state index >= 15 is 0 Å². The van der Waals surface area contributed by atoms with Crippen LogP contribution < -0.4 is 5.43 Å². The fraction of sp³-hybridized carbons (Fsp3) is 0.0625. The molecule has 1 aromatic heterocycles. The first kappa shape index (κ1) is 16.9. The van der Waals surface area contributed by atoms with Crippen molar-refractivity contribution < 1.29 is 14.0 Å². The fourth-order valence-electron chi connectivity index (χ4n) is 2.04. The van der Waals surface area contributed by atoms with E-state index in [0.717, 1.165) is 22.3 Å². The Morgan fingerprint density at radius 3 is 2.71 bits per heavy atom. The van der Waals surface area contributed by atoms with Crippen LogP contribution in [-0.2, 0) is 16.0 Å². The van der Waals surface area contributed by atoms with Gasteiger partial charge in [0.25, 0.3) is 5.91 Å². The molecule has 122 valence electrons. The topological polar surface area (TPSA) is 62.6 Å². The Hall–Kier alpha value is -1.90. The zero-order chi connectivity index (χ0) is 17.1. The Kier molecular flexibility index (Phi) is 5.17. The molecule has 1 aromatic carbocycles. The minimum atomic E-state index is -0.376. The van der Waals surface area contributed by atoms with Gasteiger partial charge in [-0.25, -0.2) is 0 Å². The normalized spacial score (nSPS) is 16.0. The Labute approximate surface area is 156 Å². The number of furan rings is 1. The summed E-state index contributed by atoms with van der Waals surface area (Å²) in [5.41, 5.74) is 3.41. The first-order valence-electron chi connectivity index (χ1n) is 6.89. The van der Waals surface area contributed by atoms with E-state index in [-0.39, 0.29) is 22.6 Å². The van der Waals surface area contributed by atoms with E-state index in [0.29, 0.717) is 15.3 Å². The van der Waals surface area contributed by atoms with E-state index < -0.39 is 0 Å². The summed E-state index contributed by atoms with van der Waals surface area (Å²) in [5, 5.41) is 1.09. The zero-order valence-corrected chi connectivity index (χ0v) is 15.4. The van der Waals surface area contributed by atoms with Gasteiger partial charge in [-0.1, -0.05) is 42.1 Å². The van der Waals surface area contributed by atoms with Gasteiger partial charge in [0, 0.05) is 6.08 Å². The van der Waals surface area contributed by atoms with Crippen molar-refractivity contribution >= 4 is 62.1 Å². The summed E-state index contributed by atoms with van der Waals surface area (Å²) in [6.45, 7) is 0. The van der Waals surface area contributed by atoms with Crippen LogP contribution in [0.1, 0.15) is 11.3 Å². The highest BCUT2D eigenvalue weighted by Gasteiger charge is 2.33. The molecule has 0 aliphatic carbocycles. The molecular weight excluding hydrogens is 412 g/mol. The van der Waals surface area contributed by atoms with Crippen LogP contribution in [0.15, 0.2) is 56.5 Å². The van der Waals surface area contributed by atoms with Gasteiger partial charge >= 0.3 is 0 Å². The van der Waals surface area contributed by atoms with E-state index in [9.17, 15) is 9.59 Å². The van der Waals surface area contributed by atoms with Gasteiger partial charge in [0.1, 0.15) is 5.76 Å². The highest BCUT2D eigenvalue weighted by atomic mass is 79.9. The van der Waals surface area contributed by atoms with Crippen molar-refractivity contribution in [2.45, 2.75) is 6.42 Å².